The van der Waals surface area contributed by atoms with Gasteiger partial charge in [0.05, 0.1) is 29.1 Å². The van der Waals surface area contributed by atoms with E-state index in [2.05, 4.69) is 31.5 Å². The Hall–Kier alpha value is -1.83. The number of nitrogens with zero attached hydrogens (tertiary/aromatic N) is 1. The Morgan fingerprint density at radius 3 is 2.68 bits per heavy atom. The predicted molar refractivity (Wildman–Crippen MR) is 122 cm³/mol. The number of methoxy groups -OCH3 is 1. The molecule has 0 aromatic heterocycles. The fourth-order valence-corrected chi connectivity index (χ4v) is 4.44. The lowest BCUT2D eigenvalue weighted by Gasteiger charge is -2.23. The minimum absolute atomic E-state index is 0.201. The van der Waals surface area contributed by atoms with Gasteiger partial charge in [0.15, 0.2) is 5.11 Å². The molecule has 1 aliphatic heterocycles. The second-order valence-corrected chi connectivity index (χ2v) is 8.27. The zero-order valence-electron chi connectivity index (χ0n) is 15.6. The smallest absolute Gasteiger partial charge is 0.261 e. The van der Waals surface area contributed by atoms with E-state index in [0.29, 0.717) is 16.3 Å². The summed E-state index contributed by atoms with van der Waals surface area (Å²) in [7, 11) is 1.54. The number of anilines is 2. The van der Waals surface area contributed by atoms with Gasteiger partial charge in [-0.25, -0.2) is 0 Å². The zero-order valence-corrected chi connectivity index (χ0v) is 18.8. The number of hydrogen-bond donors (Lipinski definition) is 2. The highest BCUT2D eigenvalue weighted by Gasteiger charge is 2.21. The van der Waals surface area contributed by atoms with E-state index < -0.39 is 0 Å². The molecule has 0 radical (unpaired) electrons. The van der Waals surface area contributed by atoms with E-state index in [1.165, 1.54) is 7.11 Å². The number of para-hydroxylation sites is 1. The molecule has 5 nitrogen and oxygen atoms in total. The van der Waals surface area contributed by atoms with E-state index in [0.717, 1.165) is 47.3 Å². The third-order valence-electron chi connectivity index (χ3n) is 4.57. The second kappa shape index (κ2) is 9.11. The fraction of sp³-hybridized carbons (Fsp3) is 0.300. The Bertz CT molecular complexity index is 917. The second-order valence-electron chi connectivity index (χ2n) is 6.54. The Kier molecular flexibility index (Phi) is 6.80. The summed E-state index contributed by atoms with van der Waals surface area (Å²) in [6, 6.07) is 9.22. The molecule has 1 saturated heterocycles. The lowest BCUT2D eigenvalue weighted by Crippen LogP contribution is -2.35. The van der Waals surface area contributed by atoms with Crippen LogP contribution in [-0.4, -0.2) is 31.2 Å². The molecule has 0 aliphatic carbocycles. The summed E-state index contributed by atoms with van der Waals surface area (Å²) in [4.78, 5) is 15.0. The van der Waals surface area contributed by atoms with Crippen LogP contribution in [0.2, 0.25) is 5.02 Å². The fourth-order valence-electron chi connectivity index (χ4n) is 3.37. The first-order valence-electron chi connectivity index (χ1n) is 8.90. The number of amides is 1. The van der Waals surface area contributed by atoms with Crippen LogP contribution in [0.1, 0.15) is 28.8 Å². The first-order chi connectivity index (χ1) is 13.4. The van der Waals surface area contributed by atoms with Crippen LogP contribution >= 0.6 is 39.7 Å². The van der Waals surface area contributed by atoms with Crippen molar-refractivity contribution in [3.8, 4) is 5.75 Å². The van der Waals surface area contributed by atoms with Crippen LogP contribution in [0.4, 0.5) is 11.4 Å². The first kappa shape index (κ1) is 20.9. The van der Waals surface area contributed by atoms with Crippen LogP contribution in [0.3, 0.4) is 0 Å². The SMILES string of the molecule is COc1c(C)cc(Br)cc1C(=O)NC(=S)Nc1cccc(Cl)c1N1CCCC1. The minimum Gasteiger partial charge on any atom is -0.496 e. The number of nitrogens with one attached hydrogen (secondary N) is 2. The maximum absolute atomic E-state index is 12.8. The van der Waals surface area contributed by atoms with Gasteiger partial charge in [-0.05, 0) is 61.8 Å². The predicted octanol–water partition coefficient (Wildman–Crippen LogP) is 5.15. The Morgan fingerprint density at radius 2 is 2.00 bits per heavy atom. The number of carbonyl (C=O) groups excluding carboxylic acids is 1. The standard InChI is InChI=1S/C20H21BrClN3O2S/c1-12-10-13(21)11-14(18(12)27-2)19(26)24-20(28)23-16-7-5-6-15(22)17(16)25-8-3-4-9-25/h5-7,10-11H,3-4,8-9H2,1-2H3,(H2,23,24,26,28). The largest absolute Gasteiger partial charge is 0.496 e. The summed E-state index contributed by atoms with van der Waals surface area (Å²) in [5.74, 6) is 0.174. The highest BCUT2D eigenvalue weighted by molar-refractivity contribution is 9.10. The number of ether oxygens (including phenoxy) is 1. The van der Waals surface area contributed by atoms with Crippen molar-refractivity contribution in [1.29, 1.82) is 0 Å². The van der Waals surface area contributed by atoms with Gasteiger partial charge in [-0.3, -0.25) is 10.1 Å². The van der Waals surface area contributed by atoms with Crippen molar-refractivity contribution in [2.45, 2.75) is 19.8 Å². The average molecular weight is 483 g/mol. The summed E-state index contributed by atoms with van der Waals surface area (Å²) in [6.45, 7) is 3.78. The monoisotopic (exact) mass is 481 g/mol. The van der Waals surface area contributed by atoms with E-state index in [1.807, 2.05) is 31.2 Å². The van der Waals surface area contributed by atoms with Crippen LogP contribution < -0.4 is 20.3 Å². The highest BCUT2D eigenvalue weighted by Crippen LogP contribution is 2.36. The van der Waals surface area contributed by atoms with Gasteiger partial charge in [-0.15, -0.1) is 0 Å². The quantitative estimate of drug-likeness (QED) is 0.591. The van der Waals surface area contributed by atoms with Gasteiger partial charge in [0.1, 0.15) is 5.75 Å². The zero-order chi connectivity index (χ0) is 20.3. The third-order valence-corrected chi connectivity index (χ3v) is 5.54. The summed E-state index contributed by atoms with van der Waals surface area (Å²) in [5.41, 5.74) is 2.95. The summed E-state index contributed by atoms with van der Waals surface area (Å²) >= 11 is 15.2. The number of thiocarbonyl (C=S) groups is 1. The summed E-state index contributed by atoms with van der Waals surface area (Å²) in [6.07, 6.45) is 2.27. The Labute approximate surface area is 183 Å². The molecular weight excluding hydrogens is 462 g/mol. The topological polar surface area (TPSA) is 53.6 Å². The molecule has 2 aromatic rings. The van der Waals surface area contributed by atoms with E-state index in [1.54, 1.807) is 6.07 Å². The van der Waals surface area contributed by atoms with E-state index >= 15 is 0 Å². The molecule has 148 valence electrons. The molecule has 0 saturated carbocycles. The number of carbonyl (C=O) groups is 1. The molecule has 0 atom stereocenters. The number of halogens is 2. The molecule has 0 spiro atoms. The van der Waals surface area contributed by atoms with Gasteiger partial charge in [0.25, 0.3) is 5.91 Å². The van der Waals surface area contributed by atoms with Crippen molar-refractivity contribution in [1.82, 2.24) is 5.32 Å². The lowest BCUT2D eigenvalue weighted by atomic mass is 10.1. The highest BCUT2D eigenvalue weighted by atomic mass is 79.9. The average Bonchev–Trinajstić information content (AvgIpc) is 3.15. The van der Waals surface area contributed by atoms with Crippen molar-refractivity contribution in [2.24, 2.45) is 0 Å². The van der Waals surface area contributed by atoms with Crippen molar-refractivity contribution in [2.75, 3.05) is 30.4 Å². The van der Waals surface area contributed by atoms with Gasteiger partial charge in [-0.1, -0.05) is 33.6 Å². The number of benzene rings is 2. The molecule has 1 amide bonds. The lowest BCUT2D eigenvalue weighted by molar-refractivity contribution is 0.0974. The molecule has 1 aliphatic rings. The molecule has 2 aromatic carbocycles. The van der Waals surface area contributed by atoms with Gasteiger partial charge in [0.2, 0.25) is 0 Å². The molecule has 1 heterocycles. The summed E-state index contributed by atoms with van der Waals surface area (Å²) in [5, 5.41) is 6.71. The molecule has 8 heteroatoms. The van der Waals surface area contributed by atoms with Crippen molar-refractivity contribution >= 4 is 62.1 Å². The van der Waals surface area contributed by atoms with Gasteiger partial charge in [0, 0.05) is 17.6 Å². The Balaban J connectivity index is 1.79. The van der Waals surface area contributed by atoms with E-state index in [-0.39, 0.29) is 11.0 Å². The Morgan fingerprint density at radius 1 is 1.29 bits per heavy atom. The van der Waals surface area contributed by atoms with Crippen LogP contribution in [-0.2, 0) is 0 Å². The van der Waals surface area contributed by atoms with E-state index in [4.69, 9.17) is 28.6 Å². The molecule has 2 N–H and O–H groups in total. The van der Waals surface area contributed by atoms with Gasteiger partial charge < -0.3 is 15.0 Å². The maximum Gasteiger partial charge on any atom is 0.261 e. The van der Waals surface area contributed by atoms with Crippen LogP contribution in [0.25, 0.3) is 0 Å². The first-order valence-corrected chi connectivity index (χ1v) is 10.5. The molecule has 28 heavy (non-hydrogen) atoms. The van der Waals surface area contributed by atoms with Crippen LogP contribution in [0, 0.1) is 6.92 Å². The van der Waals surface area contributed by atoms with Crippen molar-refractivity contribution in [3.05, 3.63) is 51.0 Å². The maximum atomic E-state index is 12.8. The van der Waals surface area contributed by atoms with Crippen molar-refractivity contribution < 1.29 is 9.53 Å². The normalized spacial score (nSPS) is 13.4. The number of aryl methyl sites for hydroxylation is 1. The minimum atomic E-state index is -0.344. The van der Waals surface area contributed by atoms with E-state index in [9.17, 15) is 4.79 Å². The van der Waals surface area contributed by atoms with Gasteiger partial charge >= 0.3 is 0 Å². The molecule has 0 unspecified atom stereocenters. The molecule has 0 bridgehead atoms. The number of rotatable bonds is 4. The third kappa shape index (κ3) is 4.59. The molecule has 3 rings (SSSR count). The van der Waals surface area contributed by atoms with Crippen molar-refractivity contribution in [3.63, 3.8) is 0 Å². The molecular formula is C20H21BrClN3O2S. The molecule has 1 fully saturated rings. The van der Waals surface area contributed by atoms with Gasteiger partial charge in [-0.2, -0.15) is 0 Å². The summed E-state index contributed by atoms with van der Waals surface area (Å²) < 4.78 is 6.18. The number of hydrogen-bond acceptors (Lipinski definition) is 4. The van der Waals surface area contributed by atoms with Crippen LogP contribution in [0.5, 0.6) is 5.75 Å². The van der Waals surface area contributed by atoms with Crippen LogP contribution in [0.15, 0.2) is 34.8 Å².